The molecular formula is C15H28N2O4. The molecule has 3 unspecified atom stereocenters. The number of methoxy groups -OCH3 is 1. The molecule has 21 heavy (non-hydrogen) atoms. The van der Waals surface area contributed by atoms with Gasteiger partial charge in [-0.25, -0.2) is 9.59 Å². The molecule has 1 rings (SSSR count). The van der Waals surface area contributed by atoms with Gasteiger partial charge < -0.3 is 20.1 Å². The second kappa shape index (κ2) is 8.22. The van der Waals surface area contributed by atoms with Gasteiger partial charge in [0.05, 0.1) is 6.61 Å². The zero-order valence-electron chi connectivity index (χ0n) is 13.5. The zero-order valence-corrected chi connectivity index (χ0v) is 13.5. The second-order valence-corrected chi connectivity index (χ2v) is 5.92. The largest absolute Gasteiger partial charge is 0.480 e. The van der Waals surface area contributed by atoms with Crippen LogP contribution in [0.1, 0.15) is 40.0 Å². The van der Waals surface area contributed by atoms with E-state index in [-0.39, 0.29) is 18.0 Å². The van der Waals surface area contributed by atoms with Crippen LogP contribution in [0.5, 0.6) is 0 Å². The fraction of sp³-hybridized carbons (Fsp3) is 0.867. The molecule has 6 nitrogen and oxygen atoms in total. The lowest BCUT2D eigenvalue weighted by Crippen LogP contribution is -2.53. The maximum Gasteiger partial charge on any atom is 0.326 e. The van der Waals surface area contributed by atoms with Crippen LogP contribution in [0.15, 0.2) is 0 Å². The summed E-state index contributed by atoms with van der Waals surface area (Å²) in [4.78, 5) is 25.5. The number of nitrogens with one attached hydrogen (secondary N) is 1. The van der Waals surface area contributed by atoms with Gasteiger partial charge in [-0.3, -0.25) is 0 Å². The van der Waals surface area contributed by atoms with Crippen molar-refractivity contribution >= 4 is 12.0 Å². The molecule has 0 aromatic carbocycles. The van der Waals surface area contributed by atoms with E-state index < -0.39 is 12.0 Å². The molecule has 0 radical (unpaired) electrons. The average molecular weight is 300 g/mol. The van der Waals surface area contributed by atoms with Gasteiger partial charge in [0.1, 0.15) is 6.04 Å². The van der Waals surface area contributed by atoms with Gasteiger partial charge in [0.25, 0.3) is 0 Å². The van der Waals surface area contributed by atoms with Crippen LogP contribution in [-0.2, 0) is 9.53 Å². The number of carbonyl (C=O) groups excluding carboxylic acids is 1. The van der Waals surface area contributed by atoms with Gasteiger partial charge in [0, 0.05) is 19.7 Å². The number of nitrogens with zero attached hydrogens (tertiary/aromatic N) is 1. The van der Waals surface area contributed by atoms with E-state index in [4.69, 9.17) is 4.74 Å². The molecule has 0 heterocycles. The van der Waals surface area contributed by atoms with Crippen LogP contribution in [0.4, 0.5) is 4.79 Å². The average Bonchev–Trinajstić information content (AvgIpc) is 3.28. The molecule has 2 amide bonds. The zero-order chi connectivity index (χ0) is 16.0. The first-order valence-electron chi connectivity index (χ1n) is 7.71. The monoisotopic (exact) mass is 300 g/mol. The van der Waals surface area contributed by atoms with Crippen molar-refractivity contribution < 1.29 is 19.4 Å². The summed E-state index contributed by atoms with van der Waals surface area (Å²) in [6.45, 7) is 6.70. The highest BCUT2D eigenvalue weighted by molar-refractivity contribution is 5.83. The molecule has 0 spiro atoms. The number of carboxylic acid groups (broad SMARTS) is 1. The molecule has 1 fully saturated rings. The Kier molecular flexibility index (Phi) is 6.95. The normalized spacial score (nSPS) is 18.7. The second-order valence-electron chi connectivity index (χ2n) is 5.92. The summed E-state index contributed by atoms with van der Waals surface area (Å²) in [7, 11) is 1.59. The number of urea groups is 1. The number of rotatable bonds is 9. The van der Waals surface area contributed by atoms with Crippen molar-refractivity contribution in [2.75, 3.05) is 20.3 Å². The molecule has 0 saturated heterocycles. The smallest absolute Gasteiger partial charge is 0.326 e. The van der Waals surface area contributed by atoms with E-state index >= 15 is 0 Å². The predicted octanol–water partition coefficient (Wildman–Crippen LogP) is 1.94. The molecule has 2 N–H and O–H groups in total. The number of aliphatic carboxylic acids is 1. The van der Waals surface area contributed by atoms with E-state index in [9.17, 15) is 14.7 Å². The van der Waals surface area contributed by atoms with Gasteiger partial charge in [0.2, 0.25) is 0 Å². The molecular weight excluding hydrogens is 272 g/mol. The molecule has 122 valence electrons. The van der Waals surface area contributed by atoms with Crippen molar-refractivity contribution in [2.45, 2.75) is 52.1 Å². The SMILES string of the molecule is CCC(C)C(NC(=O)N(CCOC)C(C)C1CC1)C(=O)O. The van der Waals surface area contributed by atoms with E-state index in [1.54, 1.807) is 12.0 Å². The lowest BCUT2D eigenvalue weighted by atomic mass is 9.99. The highest BCUT2D eigenvalue weighted by Crippen LogP contribution is 2.35. The highest BCUT2D eigenvalue weighted by Gasteiger charge is 2.35. The lowest BCUT2D eigenvalue weighted by molar-refractivity contribution is -0.140. The first-order valence-corrected chi connectivity index (χ1v) is 7.71. The van der Waals surface area contributed by atoms with E-state index in [0.29, 0.717) is 25.5 Å². The minimum absolute atomic E-state index is 0.105. The minimum atomic E-state index is -0.983. The van der Waals surface area contributed by atoms with Crippen molar-refractivity contribution in [3.8, 4) is 0 Å². The number of amides is 2. The van der Waals surface area contributed by atoms with Gasteiger partial charge in [-0.05, 0) is 31.6 Å². The number of hydrogen-bond donors (Lipinski definition) is 2. The quantitative estimate of drug-likeness (QED) is 0.682. The summed E-state index contributed by atoms with van der Waals surface area (Å²) in [6, 6.07) is -1.04. The molecule has 0 aromatic rings. The van der Waals surface area contributed by atoms with Crippen LogP contribution < -0.4 is 5.32 Å². The third-order valence-corrected chi connectivity index (χ3v) is 4.35. The minimum Gasteiger partial charge on any atom is -0.480 e. The molecule has 1 aliphatic rings. The van der Waals surface area contributed by atoms with Crippen LogP contribution in [0.2, 0.25) is 0 Å². The fourth-order valence-corrected chi connectivity index (χ4v) is 2.41. The van der Waals surface area contributed by atoms with Crippen LogP contribution in [-0.4, -0.2) is 54.4 Å². The van der Waals surface area contributed by atoms with Crippen molar-refractivity contribution in [3.05, 3.63) is 0 Å². The Morgan fingerprint density at radius 3 is 2.43 bits per heavy atom. The molecule has 6 heteroatoms. The Hall–Kier alpha value is -1.30. The standard InChI is InChI=1S/C15H28N2O4/c1-5-10(2)13(14(18)19)16-15(20)17(8-9-21-4)11(3)12-6-7-12/h10-13H,5-9H2,1-4H3,(H,16,20)(H,18,19). The Morgan fingerprint density at radius 2 is 2.00 bits per heavy atom. The van der Waals surface area contributed by atoms with Crippen molar-refractivity contribution in [3.63, 3.8) is 0 Å². The fourth-order valence-electron chi connectivity index (χ4n) is 2.41. The molecule has 0 aromatic heterocycles. The maximum atomic E-state index is 12.5. The molecule has 3 atom stereocenters. The summed E-state index contributed by atoms with van der Waals surface area (Å²) < 4.78 is 5.06. The number of ether oxygens (including phenoxy) is 1. The lowest BCUT2D eigenvalue weighted by Gasteiger charge is -2.31. The van der Waals surface area contributed by atoms with Crippen molar-refractivity contribution in [1.82, 2.24) is 10.2 Å². The summed E-state index contributed by atoms with van der Waals surface area (Å²) in [5, 5.41) is 12.0. The van der Waals surface area contributed by atoms with Crippen LogP contribution in [0.25, 0.3) is 0 Å². The molecule has 0 aliphatic heterocycles. The van der Waals surface area contributed by atoms with Gasteiger partial charge in [-0.2, -0.15) is 0 Å². The Bertz CT molecular complexity index is 358. The van der Waals surface area contributed by atoms with Crippen LogP contribution >= 0.6 is 0 Å². The first kappa shape index (κ1) is 17.8. The third-order valence-electron chi connectivity index (χ3n) is 4.35. The Morgan fingerprint density at radius 1 is 1.38 bits per heavy atom. The maximum absolute atomic E-state index is 12.5. The van der Waals surface area contributed by atoms with Gasteiger partial charge in [-0.1, -0.05) is 20.3 Å². The summed E-state index contributed by atoms with van der Waals surface area (Å²) in [5.74, 6) is -0.560. The van der Waals surface area contributed by atoms with Crippen molar-refractivity contribution in [1.29, 1.82) is 0 Å². The summed E-state index contributed by atoms with van der Waals surface area (Å²) >= 11 is 0. The van der Waals surface area contributed by atoms with E-state index in [0.717, 1.165) is 12.8 Å². The van der Waals surface area contributed by atoms with Crippen LogP contribution in [0.3, 0.4) is 0 Å². The van der Waals surface area contributed by atoms with Gasteiger partial charge in [0.15, 0.2) is 0 Å². The van der Waals surface area contributed by atoms with Crippen molar-refractivity contribution in [2.24, 2.45) is 11.8 Å². The highest BCUT2D eigenvalue weighted by atomic mass is 16.5. The van der Waals surface area contributed by atoms with E-state index in [1.807, 2.05) is 20.8 Å². The number of hydrogen-bond acceptors (Lipinski definition) is 3. The topological polar surface area (TPSA) is 78.9 Å². The van der Waals surface area contributed by atoms with Crippen LogP contribution in [0, 0.1) is 11.8 Å². The third kappa shape index (κ3) is 5.19. The molecule has 1 aliphatic carbocycles. The molecule has 1 saturated carbocycles. The van der Waals surface area contributed by atoms with E-state index in [1.165, 1.54) is 0 Å². The number of carboxylic acids is 1. The van der Waals surface area contributed by atoms with E-state index in [2.05, 4.69) is 5.32 Å². The summed E-state index contributed by atoms with van der Waals surface area (Å²) in [6.07, 6.45) is 2.96. The Balaban J connectivity index is 2.71. The van der Waals surface area contributed by atoms with Gasteiger partial charge in [-0.15, -0.1) is 0 Å². The first-order chi connectivity index (χ1) is 9.92. The van der Waals surface area contributed by atoms with Gasteiger partial charge >= 0.3 is 12.0 Å². The summed E-state index contributed by atoms with van der Waals surface area (Å²) in [5.41, 5.74) is 0. The Labute approximate surface area is 126 Å². The number of carbonyl (C=O) groups is 2. The molecule has 0 bridgehead atoms. The predicted molar refractivity (Wildman–Crippen MR) is 80.2 cm³/mol.